The molecule has 0 radical (unpaired) electrons. The number of carboxylic acid groups (broad SMARTS) is 1. The summed E-state index contributed by atoms with van der Waals surface area (Å²) in [5, 5.41) is 9.11. The number of rotatable bonds is 12. The van der Waals surface area contributed by atoms with Gasteiger partial charge in [0.15, 0.2) is 0 Å². The van der Waals surface area contributed by atoms with E-state index in [0.717, 1.165) is 28.9 Å². The molecular weight excluding hydrogens is 436 g/mol. The minimum atomic E-state index is -0.813. The molecule has 0 atom stereocenters. The second-order valence-electron chi connectivity index (χ2n) is 11.2. The third-order valence-electron chi connectivity index (χ3n) is 8.56. The van der Waals surface area contributed by atoms with Crippen molar-refractivity contribution in [1.29, 1.82) is 0 Å². The van der Waals surface area contributed by atoms with E-state index in [-0.39, 0.29) is 13.0 Å². The van der Waals surface area contributed by atoms with Gasteiger partial charge >= 0.3 is 11.9 Å². The molecule has 2 saturated carbocycles. The van der Waals surface area contributed by atoms with Crippen LogP contribution in [-0.4, -0.2) is 17.0 Å². The van der Waals surface area contributed by atoms with E-state index in [4.69, 9.17) is 9.84 Å². The smallest absolute Gasteiger partial charge is 0.333 e. The fourth-order valence-corrected chi connectivity index (χ4v) is 6.34. The van der Waals surface area contributed by atoms with Crippen molar-refractivity contribution in [2.75, 3.05) is 0 Å². The first kappa shape index (κ1) is 27.5. The lowest BCUT2D eigenvalue weighted by molar-refractivity contribution is -0.140. The highest BCUT2D eigenvalue weighted by Crippen LogP contribution is 2.44. The fraction of sp³-hybridized carbons (Fsp3) is 0.677. The molecule has 194 valence electrons. The van der Waals surface area contributed by atoms with E-state index in [1.807, 2.05) is 6.07 Å². The maximum Gasteiger partial charge on any atom is 0.333 e. The lowest BCUT2D eigenvalue weighted by Crippen LogP contribution is -2.25. The summed E-state index contributed by atoms with van der Waals surface area (Å²) in [6, 6.07) is 6.39. The molecular formula is C31H46O4. The molecule has 1 aromatic carbocycles. The highest BCUT2D eigenvalue weighted by Gasteiger charge is 2.31. The largest absolute Gasteiger partial charge is 0.481 e. The number of benzene rings is 1. The van der Waals surface area contributed by atoms with Gasteiger partial charge in [0.25, 0.3) is 0 Å². The van der Waals surface area contributed by atoms with Crippen LogP contribution in [0.2, 0.25) is 0 Å². The number of carboxylic acids is 1. The summed E-state index contributed by atoms with van der Waals surface area (Å²) in [6.45, 7) is 7.76. The quantitative estimate of drug-likeness (QED) is 0.186. The first-order valence-corrected chi connectivity index (χ1v) is 14.0. The Bertz CT molecular complexity index is 842. The van der Waals surface area contributed by atoms with E-state index >= 15 is 0 Å². The van der Waals surface area contributed by atoms with Crippen LogP contribution in [-0.2, 0) is 27.4 Å². The van der Waals surface area contributed by atoms with E-state index in [1.165, 1.54) is 82.6 Å². The molecule has 2 aliphatic rings. The van der Waals surface area contributed by atoms with Gasteiger partial charge in [-0.15, -0.1) is 0 Å². The van der Waals surface area contributed by atoms with Gasteiger partial charge in [-0.1, -0.05) is 70.2 Å². The first-order valence-electron chi connectivity index (χ1n) is 14.0. The summed E-state index contributed by atoms with van der Waals surface area (Å²) < 4.78 is 5.43. The van der Waals surface area contributed by atoms with Crippen molar-refractivity contribution in [1.82, 2.24) is 0 Å². The van der Waals surface area contributed by atoms with Crippen molar-refractivity contribution in [2.24, 2.45) is 17.8 Å². The minimum Gasteiger partial charge on any atom is -0.481 e. The first-order chi connectivity index (χ1) is 16.9. The minimum absolute atomic E-state index is 0.0761. The Hall–Kier alpha value is -2.10. The van der Waals surface area contributed by atoms with Crippen molar-refractivity contribution in [3.05, 3.63) is 47.0 Å². The standard InChI is InChI=1S/C31H46O4/c1-4-5-6-7-23-8-10-24(11-9-23)25-12-14-26(15-13-25)28-17-16-27(18-19-30(32)33)29(20-28)21-35-31(34)22(2)3/h16-17,20,23-26H,2,4-15,18-19,21H2,1,3H3,(H,32,33). The summed E-state index contributed by atoms with van der Waals surface area (Å²) in [4.78, 5) is 23.0. The van der Waals surface area contributed by atoms with Gasteiger partial charge in [0.05, 0.1) is 0 Å². The Morgan fingerprint density at radius 3 is 2.23 bits per heavy atom. The third-order valence-corrected chi connectivity index (χ3v) is 8.56. The third kappa shape index (κ3) is 8.51. The highest BCUT2D eigenvalue weighted by molar-refractivity contribution is 5.86. The number of aryl methyl sites for hydroxylation is 1. The van der Waals surface area contributed by atoms with Crippen LogP contribution in [0.5, 0.6) is 0 Å². The summed E-state index contributed by atoms with van der Waals surface area (Å²) in [5.41, 5.74) is 3.57. The second kappa shape index (κ2) is 13.8. The van der Waals surface area contributed by atoms with Gasteiger partial charge in [0, 0.05) is 12.0 Å². The number of hydrogen-bond acceptors (Lipinski definition) is 3. The van der Waals surface area contributed by atoms with E-state index in [0.29, 0.717) is 17.9 Å². The van der Waals surface area contributed by atoms with E-state index in [1.54, 1.807) is 6.92 Å². The summed E-state index contributed by atoms with van der Waals surface area (Å²) in [7, 11) is 0. The topological polar surface area (TPSA) is 63.6 Å². The monoisotopic (exact) mass is 482 g/mol. The lowest BCUT2D eigenvalue weighted by atomic mass is 9.68. The molecule has 2 fully saturated rings. The molecule has 0 heterocycles. The van der Waals surface area contributed by atoms with E-state index in [9.17, 15) is 9.59 Å². The van der Waals surface area contributed by atoms with Crippen LogP contribution in [0.3, 0.4) is 0 Å². The van der Waals surface area contributed by atoms with Gasteiger partial charge in [-0.05, 0) is 92.2 Å². The van der Waals surface area contributed by atoms with Crippen LogP contribution in [0.15, 0.2) is 30.4 Å². The molecule has 0 unspecified atom stereocenters. The maximum absolute atomic E-state index is 11.9. The fourth-order valence-electron chi connectivity index (χ4n) is 6.34. The van der Waals surface area contributed by atoms with Gasteiger partial charge in [-0.25, -0.2) is 4.79 Å². The van der Waals surface area contributed by atoms with Crippen LogP contribution in [0.1, 0.15) is 120 Å². The maximum atomic E-state index is 11.9. The number of aliphatic carboxylic acids is 1. The number of esters is 1. The predicted molar refractivity (Wildman–Crippen MR) is 141 cm³/mol. The van der Waals surface area contributed by atoms with Crippen molar-refractivity contribution in [2.45, 2.75) is 116 Å². The normalized spacial score (nSPS) is 24.6. The zero-order valence-corrected chi connectivity index (χ0v) is 22.0. The zero-order chi connectivity index (χ0) is 25.2. The van der Waals surface area contributed by atoms with Crippen LogP contribution in [0.25, 0.3) is 0 Å². The van der Waals surface area contributed by atoms with Gasteiger partial charge in [0.2, 0.25) is 0 Å². The molecule has 4 heteroatoms. The SMILES string of the molecule is C=C(C)C(=O)OCc1cc(C2CCC(C3CCC(CCCCC)CC3)CC2)ccc1CCC(=O)O. The van der Waals surface area contributed by atoms with Crippen LogP contribution < -0.4 is 0 Å². The van der Waals surface area contributed by atoms with Crippen LogP contribution >= 0.6 is 0 Å². The second-order valence-corrected chi connectivity index (χ2v) is 11.2. The molecule has 0 aliphatic heterocycles. The molecule has 0 amide bonds. The molecule has 1 aromatic rings. The Balaban J connectivity index is 1.55. The molecule has 2 aliphatic carbocycles. The van der Waals surface area contributed by atoms with Crippen molar-refractivity contribution in [3.8, 4) is 0 Å². The zero-order valence-electron chi connectivity index (χ0n) is 22.0. The molecule has 1 N–H and O–H groups in total. The van der Waals surface area contributed by atoms with Crippen molar-refractivity contribution < 1.29 is 19.4 Å². The van der Waals surface area contributed by atoms with Crippen molar-refractivity contribution in [3.63, 3.8) is 0 Å². The summed E-state index contributed by atoms with van der Waals surface area (Å²) in [5.74, 6) is 2.11. The van der Waals surface area contributed by atoms with Crippen LogP contribution in [0.4, 0.5) is 0 Å². The molecule has 0 spiro atoms. The number of carbonyl (C=O) groups is 2. The molecule has 0 aromatic heterocycles. The Morgan fingerprint density at radius 2 is 1.63 bits per heavy atom. The number of hydrogen-bond donors (Lipinski definition) is 1. The molecule has 35 heavy (non-hydrogen) atoms. The van der Waals surface area contributed by atoms with Gasteiger partial charge in [-0.3, -0.25) is 4.79 Å². The lowest BCUT2D eigenvalue weighted by Gasteiger charge is -2.38. The number of ether oxygens (including phenoxy) is 1. The van der Waals surface area contributed by atoms with Gasteiger partial charge in [-0.2, -0.15) is 0 Å². The molecule has 3 rings (SSSR count). The summed E-state index contributed by atoms with van der Waals surface area (Å²) in [6.07, 6.45) is 16.9. The van der Waals surface area contributed by atoms with Crippen molar-refractivity contribution >= 4 is 11.9 Å². The molecule has 0 bridgehead atoms. The van der Waals surface area contributed by atoms with Gasteiger partial charge < -0.3 is 9.84 Å². The molecule has 4 nitrogen and oxygen atoms in total. The average Bonchev–Trinajstić information content (AvgIpc) is 2.86. The molecule has 0 saturated heterocycles. The Kier molecular flexibility index (Phi) is 10.9. The predicted octanol–water partition coefficient (Wildman–Crippen LogP) is 7.98. The van der Waals surface area contributed by atoms with Gasteiger partial charge in [0.1, 0.15) is 6.61 Å². The summed E-state index contributed by atoms with van der Waals surface area (Å²) >= 11 is 0. The Labute approximate surface area is 212 Å². The van der Waals surface area contributed by atoms with E-state index in [2.05, 4.69) is 25.6 Å². The number of unbranched alkanes of at least 4 members (excludes halogenated alkanes) is 2. The van der Waals surface area contributed by atoms with Crippen LogP contribution in [0, 0.1) is 17.8 Å². The number of carbonyl (C=O) groups excluding carboxylic acids is 1. The van der Waals surface area contributed by atoms with E-state index < -0.39 is 11.9 Å². The Morgan fingerprint density at radius 1 is 0.971 bits per heavy atom. The highest BCUT2D eigenvalue weighted by atomic mass is 16.5. The average molecular weight is 483 g/mol.